The highest BCUT2D eigenvalue weighted by Crippen LogP contribution is 2.22. The minimum Gasteiger partial charge on any atom is -0.321 e. The Labute approximate surface area is 100 Å². The summed E-state index contributed by atoms with van der Waals surface area (Å²) in [6.07, 6.45) is 0. The van der Waals surface area contributed by atoms with E-state index in [-0.39, 0.29) is 11.8 Å². The van der Waals surface area contributed by atoms with E-state index >= 15 is 0 Å². The zero-order valence-corrected chi connectivity index (χ0v) is 9.82. The van der Waals surface area contributed by atoms with Gasteiger partial charge in [0.15, 0.2) is 0 Å². The fraction of sp³-hybridized carbons (Fsp3) is 0.417. The van der Waals surface area contributed by atoms with Crippen molar-refractivity contribution in [2.75, 3.05) is 38.1 Å². The molecule has 0 aliphatic carbocycles. The number of benzene rings is 1. The third kappa shape index (κ3) is 2.39. The molecule has 5 heteroatoms. The van der Waals surface area contributed by atoms with Crippen molar-refractivity contribution in [3.05, 3.63) is 30.1 Å². The van der Waals surface area contributed by atoms with Crippen LogP contribution in [0.2, 0.25) is 0 Å². The summed E-state index contributed by atoms with van der Waals surface area (Å²) in [6, 6.07) is 6.25. The molecule has 1 N–H and O–H groups in total. The van der Waals surface area contributed by atoms with Gasteiger partial charge in [-0.3, -0.25) is 4.90 Å². The van der Waals surface area contributed by atoms with Crippen LogP contribution in [0.1, 0.15) is 0 Å². The predicted molar refractivity (Wildman–Crippen MR) is 64.6 cm³/mol. The van der Waals surface area contributed by atoms with Crippen LogP contribution in [-0.4, -0.2) is 44.2 Å². The molecule has 92 valence electrons. The van der Waals surface area contributed by atoms with E-state index in [0.29, 0.717) is 25.3 Å². The second-order valence-electron chi connectivity index (χ2n) is 3.98. The number of carbonyl (C=O) groups is 1. The number of amides is 2. The summed E-state index contributed by atoms with van der Waals surface area (Å²) in [5, 5.41) is 2.99. The van der Waals surface area contributed by atoms with Gasteiger partial charge >= 0.3 is 6.03 Å². The van der Waals surface area contributed by atoms with Crippen molar-refractivity contribution >= 4 is 11.7 Å². The van der Waals surface area contributed by atoms with E-state index < -0.39 is 0 Å². The van der Waals surface area contributed by atoms with Gasteiger partial charge < -0.3 is 10.2 Å². The van der Waals surface area contributed by atoms with E-state index in [1.165, 1.54) is 11.0 Å². The third-order valence-electron chi connectivity index (χ3n) is 2.87. The fourth-order valence-electron chi connectivity index (χ4n) is 1.93. The van der Waals surface area contributed by atoms with Crippen LogP contribution in [0, 0.1) is 5.82 Å². The summed E-state index contributed by atoms with van der Waals surface area (Å²) in [6.45, 7) is 2.59. The molecule has 0 bridgehead atoms. The lowest BCUT2D eigenvalue weighted by Crippen LogP contribution is -2.35. The van der Waals surface area contributed by atoms with E-state index in [4.69, 9.17) is 0 Å². The fourth-order valence-corrected chi connectivity index (χ4v) is 1.93. The van der Waals surface area contributed by atoms with Crippen LogP contribution in [0.25, 0.3) is 0 Å². The van der Waals surface area contributed by atoms with E-state index in [9.17, 15) is 9.18 Å². The molecule has 17 heavy (non-hydrogen) atoms. The Morgan fingerprint density at radius 1 is 1.35 bits per heavy atom. The van der Waals surface area contributed by atoms with Crippen LogP contribution in [0.15, 0.2) is 24.3 Å². The summed E-state index contributed by atoms with van der Waals surface area (Å²) in [5.41, 5.74) is 0.365. The van der Waals surface area contributed by atoms with Crippen LogP contribution < -0.4 is 10.2 Å². The molecule has 1 aromatic rings. The number of nitrogens with zero attached hydrogens (tertiary/aromatic N) is 2. The summed E-state index contributed by atoms with van der Waals surface area (Å²) in [5.74, 6) is -0.351. The number of hydrogen-bond acceptors (Lipinski definition) is 2. The van der Waals surface area contributed by atoms with Gasteiger partial charge in [-0.15, -0.1) is 0 Å². The zero-order chi connectivity index (χ0) is 12.3. The average Bonchev–Trinajstić information content (AvgIpc) is 2.69. The molecule has 1 aliphatic heterocycles. The number of anilines is 1. The number of rotatable bonds is 4. The van der Waals surface area contributed by atoms with Crippen LogP contribution in [-0.2, 0) is 0 Å². The Morgan fingerprint density at radius 2 is 2.12 bits per heavy atom. The molecular weight excluding hydrogens is 221 g/mol. The zero-order valence-electron chi connectivity index (χ0n) is 9.82. The smallest absolute Gasteiger partial charge is 0.321 e. The molecule has 1 aliphatic rings. The Hall–Kier alpha value is -1.62. The number of carbonyl (C=O) groups excluding carboxylic acids is 1. The Morgan fingerprint density at radius 3 is 2.82 bits per heavy atom. The molecule has 2 amide bonds. The molecule has 0 radical (unpaired) electrons. The first-order valence-electron chi connectivity index (χ1n) is 5.69. The molecule has 2 rings (SSSR count). The second kappa shape index (κ2) is 5.14. The van der Waals surface area contributed by atoms with Gasteiger partial charge in [0.1, 0.15) is 5.82 Å². The molecular formula is C12H16FN3O. The summed E-state index contributed by atoms with van der Waals surface area (Å²) >= 11 is 0. The first-order valence-corrected chi connectivity index (χ1v) is 5.69. The number of likely N-dealkylation sites (N-methyl/N-ethyl adjacent to an activating group) is 1. The Balaban J connectivity index is 2.10. The summed E-state index contributed by atoms with van der Waals surface area (Å²) in [4.78, 5) is 15.2. The monoisotopic (exact) mass is 237 g/mol. The van der Waals surface area contributed by atoms with Crippen molar-refractivity contribution in [1.82, 2.24) is 10.2 Å². The first-order chi connectivity index (χ1) is 8.24. The number of hydrogen-bond donors (Lipinski definition) is 1. The van der Waals surface area contributed by atoms with Gasteiger partial charge in [-0.1, -0.05) is 12.1 Å². The molecule has 0 saturated carbocycles. The summed E-state index contributed by atoms with van der Waals surface area (Å²) in [7, 11) is 1.84. The molecule has 1 heterocycles. The molecule has 0 aromatic heterocycles. The molecule has 0 unspecified atom stereocenters. The number of urea groups is 1. The maximum Gasteiger partial charge on any atom is 0.324 e. The Bertz CT molecular complexity index is 410. The lowest BCUT2D eigenvalue weighted by molar-refractivity contribution is 0.221. The van der Waals surface area contributed by atoms with Gasteiger partial charge in [-0.25, -0.2) is 9.18 Å². The first kappa shape index (κ1) is 11.9. The van der Waals surface area contributed by atoms with Crippen molar-refractivity contribution in [1.29, 1.82) is 0 Å². The van der Waals surface area contributed by atoms with Crippen LogP contribution in [0.5, 0.6) is 0 Å². The van der Waals surface area contributed by atoms with Gasteiger partial charge in [0.25, 0.3) is 0 Å². The number of nitrogens with one attached hydrogen (secondary N) is 1. The lowest BCUT2D eigenvalue weighted by atomic mass is 10.3. The minimum absolute atomic E-state index is 0.120. The van der Waals surface area contributed by atoms with Gasteiger partial charge in [0, 0.05) is 26.2 Å². The van der Waals surface area contributed by atoms with Crippen LogP contribution >= 0.6 is 0 Å². The lowest BCUT2D eigenvalue weighted by Gasteiger charge is -2.18. The number of para-hydroxylation sites is 1. The van der Waals surface area contributed by atoms with Gasteiger partial charge in [-0.2, -0.15) is 0 Å². The quantitative estimate of drug-likeness (QED) is 0.856. The van der Waals surface area contributed by atoms with E-state index in [2.05, 4.69) is 5.32 Å². The van der Waals surface area contributed by atoms with Crippen molar-refractivity contribution in [2.24, 2.45) is 0 Å². The van der Waals surface area contributed by atoms with Crippen LogP contribution in [0.4, 0.5) is 14.9 Å². The maximum atomic E-state index is 13.6. The SMILES string of the molecule is CNCCN1CCN(c2ccccc2F)C1=O. The molecule has 4 nitrogen and oxygen atoms in total. The molecule has 1 aromatic carbocycles. The van der Waals surface area contributed by atoms with Crippen molar-refractivity contribution < 1.29 is 9.18 Å². The topological polar surface area (TPSA) is 35.6 Å². The summed E-state index contributed by atoms with van der Waals surface area (Å²) < 4.78 is 13.6. The van der Waals surface area contributed by atoms with Crippen molar-refractivity contribution in [3.63, 3.8) is 0 Å². The van der Waals surface area contributed by atoms with Gasteiger partial charge in [-0.05, 0) is 19.2 Å². The van der Waals surface area contributed by atoms with Gasteiger partial charge in [0.05, 0.1) is 5.69 Å². The highest BCUT2D eigenvalue weighted by atomic mass is 19.1. The average molecular weight is 237 g/mol. The van der Waals surface area contributed by atoms with E-state index in [1.54, 1.807) is 23.1 Å². The largest absolute Gasteiger partial charge is 0.324 e. The number of halogens is 1. The van der Waals surface area contributed by atoms with E-state index in [1.807, 2.05) is 7.05 Å². The molecule has 1 fully saturated rings. The molecule has 0 spiro atoms. The minimum atomic E-state index is -0.351. The Kier molecular flexibility index (Phi) is 3.58. The van der Waals surface area contributed by atoms with Crippen molar-refractivity contribution in [3.8, 4) is 0 Å². The maximum absolute atomic E-state index is 13.6. The van der Waals surface area contributed by atoms with Gasteiger partial charge in [0.2, 0.25) is 0 Å². The highest BCUT2D eigenvalue weighted by Gasteiger charge is 2.30. The van der Waals surface area contributed by atoms with E-state index in [0.717, 1.165) is 6.54 Å². The molecule has 1 saturated heterocycles. The van der Waals surface area contributed by atoms with Crippen molar-refractivity contribution in [2.45, 2.75) is 0 Å². The second-order valence-corrected chi connectivity index (χ2v) is 3.98. The molecule has 0 atom stereocenters. The normalized spacial score (nSPS) is 15.8. The predicted octanol–water partition coefficient (Wildman–Crippen LogP) is 1.29. The standard InChI is InChI=1S/C12H16FN3O/c1-14-6-7-15-8-9-16(12(15)17)11-5-3-2-4-10(11)13/h2-5,14H,6-9H2,1H3. The third-order valence-corrected chi connectivity index (χ3v) is 2.87. The highest BCUT2D eigenvalue weighted by molar-refractivity contribution is 5.94. The van der Waals surface area contributed by atoms with Crippen LogP contribution in [0.3, 0.4) is 0 Å².